The summed E-state index contributed by atoms with van der Waals surface area (Å²) in [5, 5.41) is 0.374. The molecule has 0 unspecified atom stereocenters. The Morgan fingerprint density at radius 2 is 1.74 bits per heavy atom. The SMILES string of the molecule is CCCC(=O)Oc1c(Cl)cccc1CCOc1ccc(OS(C)(=O)=O)cc1. The lowest BCUT2D eigenvalue weighted by atomic mass is 10.1. The van der Waals surface area contributed by atoms with Gasteiger partial charge in [-0.3, -0.25) is 4.79 Å². The monoisotopic (exact) mass is 412 g/mol. The maximum atomic E-state index is 11.8. The molecule has 27 heavy (non-hydrogen) atoms. The molecule has 0 aliphatic heterocycles. The smallest absolute Gasteiger partial charge is 0.311 e. The fraction of sp³-hybridized carbons (Fsp3) is 0.316. The van der Waals surface area contributed by atoms with E-state index in [4.69, 9.17) is 25.3 Å². The highest BCUT2D eigenvalue weighted by Crippen LogP contribution is 2.30. The number of carbonyl (C=O) groups excluding carboxylic acids is 1. The van der Waals surface area contributed by atoms with Crippen LogP contribution < -0.4 is 13.7 Å². The van der Waals surface area contributed by atoms with Crippen LogP contribution in [-0.2, 0) is 21.3 Å². The second-order valence-electron chi connectivity index (χ2n) is 5.81. The maximum absolute atomic E-state index is 11.8. The summed E-state index contributed by atoms with van der Waals surface area (Å²) >= 11 is 6.16. The van der Waals surface area contributed by atoms with Gasteiger partial charge in [-0.2, -0.15) is 8.42 Å². The van der Waals surface area contributed by atoms with Crippen LogP contribution in [0.5, 0.6) is 17.2 Å². The van der Waals surface area contributed by atoms with E-state index in [0.717, 1.165) is 11.8 Å². The Morgan fingerprint density at radius 3 is 2.37 bits per heavy atom. The van der Waals surface area contributed by atoms with Gasteiger partial charge in [0.15, 0.2) is 5.75 Å². The van der Waals surface area contributed by atoms with Gasteiger partial charge in [-0.05, 0) is 42.3 Å². The molecule has 146 valence electrons. The van der Waals surface area contributed by atoms with E-state index >= 15 is 0 Å². The quantitative estimate of drug-likeness (QED) is 0.352. The Bertz CT molecular complexity index is 878. The lowest BCUT2D eigenvalue weighted by Gasteiger charge is -2.12. The minimum Gasteiger partial charge on any atom is -0.493 e. The molecule has 0 amide bonds. The zero-order chi connectivity index (χ0) is 19.9. The van der Waals surface area contributed by atoms with Crippen LogP contribution in [0.25, 0.3) is 0 Å². The Morgan fingerprint density at radius 1 is 1.07 bits per heavy atom. The molecule has 0 bridgehead atoms. The van der Waals surface area contributed by atoms with Crippen molar-refractivity contribution in [2.45, 2.75) is 26.2 Å². The van der Waals surface area contributed by atoms with Crippen LogP contribution >= 0.6 is 11.6 Å². The summed E-state index contributed by atoms with van der Waals surface area (Å²) in [5.74, 6) is 0.805. The molecule has 0 saturated heterocycles. The van der Waals surface area contributed by atoms with Crippen molar-refractivity contribution in [3.63, 3.8) is 0 Å². The standard InChI is InChI=1S/C19H21ClO6S/c1-3-5-18(21)25-19-14(6-4-7-17(19)20)12-13-24-15-8-10-16(11-9-15)26-27(2,22)23/h4,6-11H,3,5,12-13H2,1-2H3. The van der Waals surface area contributed by atoms with E-state index in [0.29, 0.717) is 42.4 Å². The molecule has 0 fully saturated rings. The Balaban J connectivity index is 1.97. The molecule has 6 nitrogen and oxygen atoms in total. The number of hydrogen-bond donors (Lipinski definition) is 0. The fourth-order valence-electron chi connectivity index (χ4n) is 2.28. The number of carbonyl (C=O) groups is 1. The normalized spacial score (nSPS) is 11.1. The van der Waals surface area contributed by atoms with Crippen molar-refractivity contribution in [2.75, 3.05) is 12.9 Å². The van der Waals surface area contributed by atoms with E-state index < -0.39 is 10.1 Å². The molecule has 2 aromatic carbocycles. The van der Waals surface area contributed by atoms with Crippen LogP contribution in [0.15, 0.2) is 42.5 Å². The Hall–Kier alpha value is -2.25. The van der Waals surface area contributed by atoms with Crippen LogP contribution in [0, 0.1) is 0 Å². The number of para-hydroxylation sites is 1. The zero-order valence-electron chi connectivity index (χ0n) is 15.1. The second kappa shape index (κ2) is 9.62. The van der Waals surface area contributed by atoms with Crippen LogP contribution in [0.1, 0.15) is 25.3 Å². The number of halogens is 1. The second-order valence-corrected chi connectivity index (χ2v) is 7.79. The molecular formula is C19H21ClO6S. The largest absolute Gasteiger partial charge is 0.493 e. The molecule has 0 aliphatic rings. The zero-order valence-corrected chi connectivity index (χ0v) is 16.7. The molecule has 0 radical (unpaired) electrons. The van der Waals surface area contributed by atoms with E-state index in [9.17, 15) is 13.2 Å². The fourth-order valence-corrected chi connectivity index (χ4v) is 2.97. The first-order valence-corrected chi connectivity index (χ1v) is 10.6. The van der Waals surface area contributed by atoms with Crippen molar-refractivity contribution in [1.82, 2.24) is 0 Å². The number of esters is 1. The van der Waals surface area contributed by atoms with Gasteiger partial charge in [0.05, 0.1) is 17.9 Å². The van der Waals surface area contributed by atoms with E-state index in [-0.39, 0.29) is 11.7 Å². The third-order valence-electron chi connectivity index (χ3n) is 3.43. The van der Waals surface area contributed by atoms with Gasteiger partial charge in [-0.1, -0.05) is 30.7 Å². The number of benzene rings is 2. The number of rotatable bonds is 9. The van der Waals surface area contributed by atoms with Crippen molar-refractivity contribution in [3.8, 4) is 17.2 Å². The van der Waals surface area contributed by atoms with Crippen molar-refractivity contribution >= 4 is 27.7 Å². The van der Waals surface area contributed by atoms with Gasteiger partial charge in [0.25, 0.3) is 0 Å². The van der Waals surface area contributed by atoms with Crippen molar-refractivity contribution in [1.29, 1.82) is 0 Å². The highest BCUT2D eigenvalue weighted by atomic mass is 35.5. The van der Waals surface area contributed by atoms with E-state index in [1.165, 1.54) is 12.1 Å². The average molecular weight is 413 g/mol. The molecule has 0 spiro atoms. The molecule has 0 aliphatic carbocycles. The topological polar surface area (TPSA) is 78.9 Å². The molecule has 0 aromatic heterocycles. The summed E-state index contributed by atoms with van der Waals surface area (Å²) < 4.78 is 38.0. The van der Waals surface area contributed by atoms with Gasteiger partial charge in [0, 0.05) is 12.8 Å². The van der Waals surface area contributed by atoms with E-state index in [2.05, 4.69) is 0 Å². The van der Waals surface area contributed by atoms with E-state index in [1.54, 1.807) is 24.3 Å². The van der Waals surface area contributed by atoms with Crippen LogP contribution in [-0.4, -0.2) is 27.2 Å². The minimum absolute atomic E-state index is 0.213. The molecule has 8 heteroatoms. The van der Waals surface area contributed by atoms with Crippen molar-refractivity contribution < 1.29 is 26.9 Å². The maximum Gasteiger partial charge on any atom is 0.311 e. The minimum atomic E-state index is -3.56. The van der Waals surface area contributed by atoms with Gasteiger partial charge >= 0.3 is 16.1 Å². The Kier molecular flexibility index (Phi) is 7.50. The molecule has 0 atom stereocenters. The van der Waals surface area contributed by atoms with Crippen LogP contribution in [0.2, 0.25) is 5.02 Å². The summed E-state index contributed by atoms with van der Waals surface area (Å²) in [7, 11) is -3.56. The van der Waals surface area contributed by atoms with E-state index in [1.807, 2.05) is 13.0 Å². The Labute approximate surface area is 164 Å². The van der Waals surface area contributed by atoms with Gasteiger partial charge < -0.3 is 13.7 Å². The van der Waals surface area contributed by atoms with Gasteiger partial charge in [-0.25, -0.2) is 0 Å². The predicted molar refractivity (Wildman–Crippen MR) is 103 cm³/mol. The van der Waals surface area contributed by atoms with Crippen LogP contribution in [0.4, 0.5) is 0 Å². The lowest BCUT2D eigenvalue weighted by molar-refractivity contribution is -0.134. The van der Waals surface area contributed by atoms with Crippen LogP contribution in [0.3, 0.4) is 0 Å². The lowest BCUT2D eigenvalue weighted by Crippen LogP contribution is -2.10. The molecule has 0 N–H and O–H groups in total. The third kappa shape index (κ3) is 7.11. The molecule has 2 rings (SSSR count). The van der Waals surface area contributed by atoms with Gasteiger partial charge in [0.1, 0.15) is 11.5 Å². The number of ether oxygens (including phenoxy) is 2. The molecular weight excluding hydrogens is 392 g/mol. The van der Waals surface area contributed by atoms with Gasteiger partial charge in [0.2, 0.25) is 0 Å². The first kappa shape index (κ1) is 21.1. The molecule has 0 heterocycles. The average Bonchev–Trinajstić information content (AvgIpc) is 2.58. The summed E-state index contributed by atoms with van der Waals surface area (Å²) in [6, 6.07) is 11.5. The number of hydrogen-bond acceptors (Lipinski definition) is 6. The summed E-state index contributed by atoms with van der Waals surface area (Å²) in [6.07, 6.45) is 2.48. The van der Waals surface area contributed by atoms with Crippen molar-refractivity contribution in [3.05, 3.63) is 53.1 Å². The molecule has 0 saturated carbocycles. The molecule has 2 aromatic rings. The summed E-state index contributed by atoms with van der Waals surface area (Å²) in [4.78, 5) is 11.8. The first-order valence-electron chi connectivity index (χ1n) is 8.39. The highest BCUT2D eigenvalue weighted by molar-refractivity contribution is 7.86. The first-order chi connectivity index (χ1) is 12.8. The van der Waals surface area contributed by atoms with Crippen molar-refractivity contribution in [2.24, 2.45) is 0 Å². The summed E-state index contributed by atoms with van der Waals surface area (Å²) in [5.41, 5.74) is 0.768. The third-order valence-corrected chi connectivity index (χ3v) is 4.22. The summed E-state index contributed by atoms with van der Waals surface area (Å²) in [6.45, 7) is 2.22. The highest BCUT2D eigenvalue weighted by Gasteiger charge is 2.13. The predicted octanol–water partition coefficient (Wildman–Crippen LogP) is 4.01. The van der Waals surface area contributed by atoms with Gasteiger partial charge in [-0.15, -0.1) is 0 Å².